The Morgan fingerprint density at radius 2 is 2.36 bits per heavy atom. The molecule has 1 aliphatic carbocycles. The summed E-state index contributed by atoms with van der Waals surface area (Å²) in [6.07, 6.45) is 6.50. The van der Waals surface area contributed by atoms with E-state index in [4.69, 9.17) is 0 Å². The van der Waals surface area contributed by atoms with Gasteiger partial charge in [0.05, 0.1) is 24.0 Å². The monoisotopic (exact) mass is 299 g/mol. The van der Waals surface area contributed by atoms with Crippen molar-refractivity contribution in [1.29, 1.82) is 0 Å². The molecule has 0 spiro atoms. The summed E-state index contributed by atoms with van der Waals surface area (Å²) in [5, 5.41) is 10.7. The number of carbonyl (C=O) groups excluding carboxylic acids is 1. The van der Waals surface area contributed by atoms with Crippen molar-refractivity contribution in [3.05, 3.63) is 41.5 Å². The number of carbonyl (C=O) groups is 1. The lowest BCUT2D eigenvalue weighted by molar-refractivity contribution is -0.120. The number of pyridine rings is 1. The highest BCUT2D eigenvalue weighted by Crippen LogP contribution is 2.31. The van der Waals surface area contributed by atoms with Gasteiger partial charge in [0, 0.05) is 30.7 Å². The summed E-state index contributed by atoms with van der Waals surface area (Å²) < 4.78 is 1.94. The van der Waals surface area contributed by atoms with Crippen molar-refractivity contribution < 1.29 is 4.79 Å². The van der Waals surface area contributed by atoms with Crippen molar-refractivity contribution in [1.82, 2.24) is 20.1 Å². The van der Waals surface area contributed by atoms with Crippen LogP contribution in [-0.2, 0) is 18.3 Å². The molecular formula is C16H21N5O. The van der Waals surface area contributed by atoms with Gasteiger partial charge in [-0.3, -0.25) is 14.5 Å². The lowest BCUT2D eigenvalue weighted by Gasteiger charge is -2.24. The second-order valence-corrected chi connectivity index (χ2v) is 5.68. The lowest BCUT2D eigenvalue weighted by atomic mass is 9.91. The molecule has 2 aromatic rings. The van der Waals surface area contributed by atoms with Crippen molar-refractivity contribution in [2.75, 3.05) is 11.9 Å². The van der Waals surface area contributed by atoms with Crippen LogP contribution in [0.5, 0.6) is 0 Å². The molecule has 0 fully saturated rings. The van der Waals surface area contributed by atoms with Gasteiger partial charge in [-0.05, 0) is 38.3 Å². The first-order valence-electron chi connectivity index (χ1n) is 7.61. The number of fused-ring (bicyclic) bond motifs is 1. The quantitative estimate of drug-likeness (QED) is 0.902. The molecule has 1 unspecified atom stereocenters. The second kappa shape index (κ2) is 6.17. The number of amides is 1. The van der Waals surface area contributed by atoms with E-state index in [1.807, 2.05) is 30.8 Å². The number of anilines is 1. The molecule has 2 heterocycles. The molecule has 0 bridgehead atoms. The summed E-state index contributed by atoms with van der Waals surface area (Å²) in [6, 6.07) is 3.80. The maximum absolute atomic E-state index is 12.2. The maximum atomic E-state index is 12.2. The minimum atomic E-state index is -0.00930. The largest absolute Gasteiger partial charge is 0.375 e. The van der Waals surface area contributed by atoms with Crippen LogP contribution in [0.15, 0.2) is 24.5 Å². The fraction of sp³-hybridized carbons (Fsp3) is 0.438. The van der Waals surface area contributed by atoms with Crippen LogP contribution in [0.1, 0.15) is 35.8 Å². The summed E-state index contributed by atoms with van der Waals surface area (Å²) in [5.74, 6) is -0.00930. The first-order valence-corrected chi connectivity index (χ1v) is 7.61. The van der Waals surface area contributed by atoms with E-state index in [2.05, 4.69) is 20.7 Å². The molecule has 0 radical (unpaired) electrons. The normalized spacial score (nSPS) is 16.9. The zero-order chi connectivity index (χ0) is 15.5. The highest BCUT2D eigenvalue weighted by molar-refractivity contribution is 5.81. The second-order valence-electron chi connectivity index (χ2n) is 5.68. The van der Waals surface area contributed by atoms with E-state index in [1.54, 1.807) is 12.4 Å². The summed E-state index contributed by atoms with van der Waals surface area (Å²) in [7, 11) is 1.97. The van der Waals surface area contributed by atoms with Crippen LogP contribution >= 0.6 is 0 Å². The van der Waals surface area contributed by atoms with Gasteiger partial charge in [0.15, 0.2) is 0 Å². The van der Waals surface area contributed by atoms with Gasteiger partial charge < -0.3 is 10.6 Å². The zero-order valence-electron chi connectivity index (χ0n) is 13.0. The molecule has 22 heavy (non-hydrogen) atoms. The summed E-state index contributed by atoms with van der Waals surface area (Å²) >= 11 is 0. The smallest absolute Gasteiger partial charge is 0.239 e. The van der Waals surface area contributed by atoms with Gasteiger partial charge in [-0.25, -0.2) is 0 Å². The molecule has 2 N–H and O–H groups in total. The molecule has 0 saturated heterocycles. The third kappa shape index (κ3) is 2.95. The van der Waals surface area contributed by atoms with Gasteiger partial charge in [-0.1, -0.05) is 0 Å². The van der Waals surface area contributed by atoms with Gasteiger partial charge in [0.2, 0.25) is 5.91 Å². The van der Waals surface area contributed by atoms with Crippen LogP contribution in [0.25, 0.3) is 0 Å². The molecule has 116 valence electrons. The average Bonchev–Trinajstić information content (AvgIpc) is 2.82. The number of hydrogen-bond acceptors (Lipinski definition) is 4. The first kappa shape index (κ1) is 14.6. The Hall–Kier alpha value is -2.37. The summed E-state index contributed by atoms with van der Waals surface area (Å²) in [4.78, 5) is 16.2. The van der Waals surface area contributed by atoms with Gasteiger partial charge in [0.1, 0.15) is 0 Å². The van der Waals surface area contributed by atoms with E-state index >= 15 is 0 Å². The predicted octanol–water partition coefficient (Wildman–Crippen LogP) is 1.73. The molecule has 1 amide bonds. The Morgan fingerprint density at radius 1 is 1.50 bits per heavy atom. The van der Waals surface area contributed by atoms with Crippen molar-refractivity contribution in [2.24, 2.45) is 7.05 Å². The zero-order valence-corrected chi connectivity index (χ0v) is 13.0. The number of hydrogen-bond donors (Lipinski definition) is 2. The number of nitrogens with zero attached hydrogens (tertiary/aromatic N) is 3. The standard InChI is InChI=1S/C16H21N5O/c1-11-16-13(6-3-7-14(16)21(2)20-11)19-15(22)10-18-12-5-4-8-17-9-12/h4-5,8-9,13,18H,3,6-7,10H2,1-2H3,(H,19,22). The van der Waals surface area contributed by atoms with Crippen molar-refractivity contribution in [3.63, 3.8) is 0 Å². The maximum Gasteiger partial charge on any atom is 0.239 e. The summed E-state index contributed by atoms with van der Waals surface area (Å²) in [6.45, 7) is 2.26. The van der Waals surface area contributed by atoms with Crippen molar-refractivity contribution in [2.45, 2.75) is 32.2 Å². The Bertz CT molecular complexity index is 665. The number of nitrogens with one attached hydrogen (secondary N) is 2. The van der Waals surface area contributed by atoms with Gasteiger partial charge in [-0.15, -0.1) is 0 Å². The number of rotatable bonds is 4. The van der Waals surface area contributed by atoms with Crippen molar-refractivity contribution >= 4 is 11.6 Å². The van der Waals surface area contributed by atoms with E-state index in [1.165, 1.54) is 11.3 Å². The van der Waals surface area contributed by atoms with Crippen LogP contribution in [0.4, 0.5) is 5.69 Å². The van der Waals surface area contributed by atoms with Gasteiger partial charge in [0.25, 0.3) is 0 Å². The van der Waals surface area contributed by atoms with Crippen LogP contribution in [0.3, 0.4) is 0 Å². The lowest BCUT2D eigenvalue weighted by Crippen LogP contribution is -2.35. The Morgan fingerprint density at radius 3 is 3.14 bits per heavy atom. The molecule has 6 nitrogen and oxygen atoms in total. The minimum absolute atomic E-state index is 0.00930. The molecule has 0 saturated carbocycles. The van der Waals surface area contributed by atoms with E-state index < -0.39 is 0 Å². The van der Waals surface area contributed by atoms with E-state index in [9.17, 15) is 4.79 Å². The highest BCUT2D eigenvalue weighted by Gasteiger charge is 2.27. The third-order valence-electron chi connectivity index (χ3n) is 4.10. The fourth-order valence-electron chi connectivity index (χ4n) is 3.13. The summed E-state index contributed by atoms with van der Waals surface area (Å²) in [5.41, 5.74) is 4.31. The van der Waals surface area contributed by atoms with E-state index in [0.717, 1.165) is 30.6 Å². The van der Waals surface area contributed by atoms with Gasteiger partial charge >= 0.3 is 0 Å². The number of aromatic nitrogens is 3. The van der Waals surface area contributed by atoms with E-state index in [-0.39, 0.29) is 18.5 Å². The SMILES string of the molecule is Cc1nn(C)c2c1C(NC(=O)CNc1cccnc1)CCC2. The van der Waals surface area contributed by atoms with Crippen LogP contribution in [0, 0.1) is 6.92 Å². The molecule has 3 rings (SSSR count). The molecule has 1 atom stereocenters. The Labute approximate surface area is 129 Å². The highest BCUT2D eigenvalue weighted by atomic mass is 16.2. The Balaban J connectivity index is 1.63. The molecule has 2 aromatic heterocycles. The molecule has 6 heteroatoms. The third-order valence-corrected chi connectivity index (χ3v) is 4.10. The van der Waals surface area contributed by atoms with E-state index in [0.29, 0.717) is 0 Å². The molecule has 0 aliphatic heterocycles. The van der Waals surface area contributed by atoms with Gasteiger partial charge in [-0.2, -0.15) is 5.10 Å². The minimum Gasteiger partial charge on any atom is -0.375 e. The van der Waals surface area contributed by atoms with Crippen molar-refractivity contribution in [3.8, 4) is 0 Å². The average molecular weight is 299 g/mol. The molecular weight excluding hydrogens is 278 g/mol. The molecule has 1 aliphatic rings. The fourth-order valence-corrected chi connectivity index (χ4v) is 3.13. The predicted molar refractivity (Wildman–Crippen MR) is 84.5 cm³/mol. The Kier molecular flexibility index (Phi) is 4.09. The number of aryl methyl sites for hydroxylation is 2. The molecule has 0 aromatic carbocycles. The topological polar surface area (TPSA) is 71.8 Å². The van der Waals surface area contributed by atoms with Crippen LogP contribution in [-0.4, -0.2) is 27.2 Å². The van der Waals surface area contributed by atoms with Crippen LogP contribution in [0.2, 0.25) is 0 Å². The first-order chi connectivity index (χ1) is 10.6. The van der Waals surface area contributed by atoms with Crippen LogP contribution < -0.4 is 10.6 Å².